The van der Waals surface area contributed by atoms with Crippen LogP contribution in [0.1, 0.15) is 12.8 Å². The van der Waals surface area contributed by atoms with Crippen LogP contribution in [-0.4, -0.2) is 35.7 Å². The molecule has 5 N–H and O–H groups in total. The highest BCUT2D eigenvalue weighted by atomic mass is 16.3. The molecule has 0 aromatic heterocycles. The summed E-state index contributed by atoms with van der Waals surface area (Å²) in [6, 6.07) is 0. The Balaban J connectivity index is 2.36. The van der Waals surface area contributed by atoms with E-state index in [4.69, 9.17) is 16.7 Å². The zero-order valence-electron chi connectivity index (χ0n) is 7.11. The zero-order chi connectivity index (χ0) is 8.97. The summed E-state index contributed by atoms with van der Waals surface area (Å²) in [6.07, 6.45) is 1.93. The van der Waals surface area contributed by atoms with Crippen molar-refractivity contribution in [3.8, 4) is 0 Å². The number of aliphatic hydroxyl groups is 1. The van der Waals surface area contributed by atoms with Crippen LogP contribution in [0, 0.1) is 5.92 Å². The monoisotopic (exact) mass is 172 g/mol. The van der Waals surface area contributed by atoms with Gasteiger partial charge in [0, 0.05) is 19.7 Å². The topological polar surface area (TPSA) is 87.9 Å². The third kappa shape index (κ3) is 2.01. The number of hydrazone groups is 1. The number of nitrogens with two attached hydrogens (primary N) is 2. The second kappa shape index (κ2) is 4.15. The number of hydrogen-bond acceptors (Lipinski definition) is 3. The number of aliphatic hydroxyl groups excluding tert-OH is 1. The van der Waals surface area contributed by atoms with Crippen LogP contribution in [0.25, 0.3) is 0 Å². The molecule has 1 rings (SSSR count). The molecule has 12 heavy (non-hydrogen) atoms. The molecule has 0 aromatic carbocycles. The Labute approximate surface area is 72.0 Å². The molecule has 0 radical (unpaired) electrons. The third-order valence-corrected chi connectivity index (χ3v) is 2.33. The minimum absolute atomic E-state index is 0.271. The van der Waals surface area contributed by atoms with Gasteiger partial charge in [-0.05, 0) is 18.8 Å². The molecular formula is C7H16N4O. The molecule has 1 aliphatic rings. The summed E-state index contributed by atoms with van der Waals surface area (Å²) in [4.78, 5) is 1.94. The Kier molecular flexibility index (Phi) is 3.16. The number of rotatable bonds is 1. The Bertz CT molecular complexity index is 163. The fraction of sp³-hybridized carbons (Fsp3) is 0.857. The first kappa shape index (κ1) is 9.12. The first-order chi connectivity index (χ1) is 5.77. The predicted molar refractivity (Wildman–Crippen MR) is 47.2 cm³/mol. The minimum Gasteiger partial charge on any atom is -0.396 e. The lowest BCUT2D eigenvalue weighted by Gasteiger charge is -2.31. The maximum Gasteiger partial charge on any atom is 0.213 e. The van der Waals surface area contributed by atoms with E-state index >= 15 is 0 Å². The second-order valence-electron chi connectivity index (χ2n) is 3.10. The molecule has 0 saturated carbocycles. The second-order valence-corrected chi connectivity index (χ2v) is 3.10. The van der Waals surface area contributed by atoms with Crippen LogP contribution in [0.4, 0.5) is 0 Å². The van der Waals surface area contributed by atoms with E-state index in [0.717, 1.165) is 25.9 Å². The molecule has 5 heteroatoms. The highest BCUT2D eigenvalue weighted by Gasteiger charge is 2.19. The zero-order valence-corrected chi connectivity index (χ0v) is 7.11. The summed E-state index contributed by atoms with van der Waals surface area (Å²) in [5.74, 6) is 5.86. The van der Waals surface area contributed by atoms with Gasteiger partial charge in [0.25, 0.3) is 0 Å². The van der Waals surface area contributed by atoms with Crippen molar-refractivity contribution < 1.29 is 5.11 Å². The average molecular weight is 172 g/mol. The fourth-order valence-electron chi connectivity index (χ4n) is 1.43. The highest BCUT2D eigenvalue weighted by molar-refractivity contribution is 5.77. The van der Waals surface area contributed by atoms with Crippen molar-refractivity contribution in [3.63, 3.8) is 0 Å². The van der Waals surface area contributed by atoms with Gasteiger partial charge in [-0.3, -0.25) is 0 Å². The summed E-state index contributed by atoms with van der Waals surface area (Å²) in [5, 5.41) is 12.3. The minimum atomic E-state index is 0.271. The van der Waals surface area contributed by atoms with E-state index in [1.54, 1.807) is 0 Å². The number of guanidine groups is 1. The van der Waals surface area contributed by atoms with Gasteiger partial charge >= 0.3 is 0 Å². The van der Waals surface area contributed by atoms with Gasteiger partial charge in [-0.2, -0.15) is 0 Å². The summed E-state index contributed by atoms with van der Waals surface area (Å²) in [5.41, 5.74) is 5.52. The molecule has 1 heterocycles. The molecule has 70 valence electrons. The van der Waals surface area contributed by atoms with Gasteiger partial charge in [0.15, 0.2) is 0 Å². The maximum atomic E-state index is 8.87. The average Bonchev–Trinajstić information content (AvgIpc) is 2.17. The Morgan fingerprint density at radius 2 is 2.08 bits per heavy atom. The summed E-state index contributed by atoms with van der Waals surface area (Å²) in [6.45, 7) is 1.96. The summed E-state index contributed by atoms with van der Waals surface area (Å²) < 4.78 is 0. The van der Waals surface area contributed by atoms with E-state index in [0.29, 0.717) is 11.9 Å². The molecule has 0 amide bonds. The van der Waals surface area contributed by atoms with Crippen molar-refractivity contribution in [2.45, 2.75) is 12.8 Å². The lowest BCUT2D eigenvalue weighted by Crippen LogP contribution is -2.43. The largest absolute Gasteiger partial charge is 0.396 e. The smallest absolute Gasteiger partial charge is 0.213 e. The van der Waals surface area contributed by atoms with Crippen molar-refractivity contribution in [1.29, 1.82) is 0 Å². The first-order valence-corrected chi connectivity index (χ1v) is 4.17. The molecule has 0 atom stereocenters. The van der Waals surface area contributed by atoms with E-state index in [9.17, 15) is 0 Å². The van der Waals surface area contributed by atoms with E-state index in [-0.39, 0.29) is 6.61 Å². The van der Waals surface area contributed by atoms with Crippen LogP contribution in [0.5, 0.6) is 0 Å². The Hall–Kier alpha value is -0.970. The van der Waals surface area contributed by atoms with Crippen molar-refractivity contribution in [2.24, 2.45) is 22.6 Å². The molecule has 1 aliphatic heterocycles. The molecule has 0 bridgehead atoms. The molecule has 0 aliphatic carbocycles. The van der Waals surface area contributed by atoms with E-state index in [1.165, 1.54) is 0 Å². The number of hydrogen-bond donors (Lipinski definition) is 3. The molecule has 5 nitrogen and oxygen atoms in total. The van der Waals surface area contributed by atoms with Crippen molar-refractivity contribution >= 4 is 5.96 Å². The van der Waals surface area contributed by atoms with E-state index in [2.05, 4.69) is 5.10 Å². The number of nitrogens with zero attached hydrogens (tertiary/aromatic N) is 2. The maximum absolute atomic E-state index is 8.87. The van der Waals surface area contributed by atoms with Gasteiger partial charge in [0.05, 0.1) is 0 Å². The van der Waals surface area contributed by atoms with Crippen LogP contribution >= 0.6 is 0 Å². The molecular weight excluding hydrogens is 156 g/mol. The van der Waals surface area contributed by atoms with Gasteiger partial charge in [-0.1, -0.05) is 0 Å². The first-order valence-electron chi connectivity index (χ1n) is 4.17. The SMILES string of the molecule is NN=C(N)N1CCC(CO)CC1. The van der Waals surface area contributed by atoms with Crippen molar-refractivity contribution in [1.82, 2.24) is 4.90 Å². The summed E-state index contributed by atoms with van der Waals surface area (Å²) >= 11 is 0. The lowest BCUT2D eigenvalue weighted by atomic mass is 9.98. The quantitative estimate of drug-likeness (QED) is 0.202. The highest BCUT2D eigenvalue weighted by Crippen LogP contribution is 2.15. The Morgan fingerprint density at radius 1 is 1.50 bits per heavy atom. The van der Waals surface area contributed by atoms with Crippen LogP contribution in [0.2, 0.25) is 0 Å². The number of likely N-dealkylation sites (tertiary alicyclic amines) is 1. The van der Waals surface area contributed by atoms with Gasteiger partial charge in [0.2, 0.25) is 5.96 Å². The van der Waals surface area contributed by atoms with Crippen LogP contribution in [0.3, 0.4) is 0 Å². The van der Waals surface area contributed by atoms with Gasteiger partial charge in [0.1, 0.15) is 0 Å². The van der Waals surface area contributed by atoms with Crippen molar-refractivity contribution in [3.05, 3.63) is 0 Å². The van der Waals surface area contributed by atoms with Gasteiger partial charge in [-0.15, -0.1) is 5.10 Å². The summed E-state index contributed by atoms with van der Waals surface area (Å²) in [7, 11) is 0. The molecule has 0 unspecified atom stereocenters. The molecule has 0 aromatic rings. The van der Waals surface area contributed by atoms with Crippen molar-refractivity contribution in [2.75, 3.05) is 19.7 Å². The Morgan fingerprint density at radius 3 is 2.50 bits per heavy atom. The molecule has 1 fully saturated rings. The van der Waals surface area contributed by atoms with E-state index < -0.39 is 0 Å². The van der Waals surface area contributed by atoms with Crippen LogP contribution in [-0.2, 0) is 0 Å². The third-order valence-electron chi connectivity index (χ3n) is 2.33. The lowest BCUT2D eigenvalue weighted by molar-refractivity contribution is 0.165. The fourth-order valence-corrected chi connectivity index (χ4v) is 1.43. The van der Waals surface area contributed by atoms with Gasteiger partial charge in [-0.25, -0.2) is 0 Å². The molecule has 0 spiro atoms. The van der Waals surface area contributed by atoms with Crippen LogP contribution < -0.4 is 11.6 Å². The number of piperidine rings is 1. The predicted octanol–water partition coefficient (Wildman–Crippen LogP) is -1.12. The van der Waals surface area contributed by atoms with Crippen LogP contribution in [0.15, 0.2) is 5.10 Å². The molecule has 1 saturated heterocycles. The normalized spacial score (nSPS) is 21.4. The van der Waals surface area contributed by atoms with Gasteiger partial charge < -0.3 is 21.6 Å². The standard InChI is InChI=1S/C7H16N4O/c8-7(10-9)11-3-1-6(5-12)2-4-11/h6,12H,1-5,9H2,(H2,8,10). The van der Waals surface area contributed by atoms with E-state index in [1.807, 2.05) is 4.90 Å².